The van der Waals surface area contributed by atoms with Crippen molar-refractivity contribution in [1.29, 1.82) is 0 Å². The summed E-state index contributed by atoms with van der Waals surface area (Å²) >= 11 is 0.0395. The Bertz CT molecular complexity index is 2410. The molecule has 47 heavy (non-hydrogen) atoms. The number of rotatable bonds is 13. The molecule has 0 aliphatic heterocycles. The van der Waals surface area contributed by atoms with Gasteiger partial charge in [0.1, 0.15) is 12.4 Å². The van der Waals surface area contributed by atoms with Crippen LogP contribution in [0.5, 0.6) is 0 Å². The van der Waals surface area contributed by atoms with Crippen LogP contribution in [0.25, 0.3) is 11.1 Å². The van der Waals surface area contributed by atoms with Crippen LogP contribution in [0.15, 0.2) is 82.7 Å². The molecule has 0 bridgehead atoms. The van der Waals surface area contributed by atoms with E-state index in [1.165, 1.54) is 36.4 Å². The number of hydrogen-bond acceptors (Lipinski definition) is 5. The third-order valence-corrected chi connectivity index (χ3v) is 7.63. The summed E-state index contributed by atoms with van der Waals surface area (Å²) in [6.07, 6.45) is -15.1. The van der Waals surface area contributed by atoms with Gasteiger partial charge in [0.05, 0.1) is 8.30 Å². The SMILES string of the molecule is [2H]C([2H])(Sc1nc(=O)c2c(n1CC(=O)N(Cc1ccc(-c3ccc(C(F)(F)F)cc3)cc1)C([2H])([2H])C([2H])([2H])N(C([2H])([2H])C)C([2H])([2H])C)C([2H])([2H])C([2H])([2H])C2([2H])[2H])c1ccc(F)cc1. The van der Waals surface area contributed by atoms with Crippen LogP contribution in [0, 0.1) is 5.82 Å². The number of thioether (sulfide) groups is 1. The number of halogens is 4. The summed E-state index contributed by atoms with van der Waals surface area (Å²) in [7, 11) is 0. The van der Waals surface area contributed by atoms with E-state index in [2.05, 4.69) is 4.98 Å². The smallest absolute Gasteiger partial charge is 0.336 e. The number of benzene rings is 3. The number of likely N-dealkylation sites (N-methyl/N-ethyl adjacent to an activating group) is 1. The van der Waals surface area contributed by atoms with Crippen LogP contribution < -0.4 is 5.56 Å². The Labute approximate surface area is 298 Å². The molecule has 1 aliphatic rings. The molecule has 0 fully saturated rings. The summed E-state index contributed by atoms with van der Waals surface area (Å²) in [4.78, 5) is 32.1. The predicted octanol–water partition coefficient (Wildman–Crippen LogP) is 7.22. The minimum atomic E-state index is -4.62. The third-order valence-electron chi connectivity index (χ3n) is 6.80. The topological polar surface area (TPSA) is 58.4 Å². The van der Waals surface area contributed by atoms with Gasteiger partial charge in [0.2, 0.25) is 5.91 Å². The molecule has 11 heteroatoms. The summed E-state index contributed by atoms with van der Waals surface area (Å²) in [5, 5.41) is -0.875. The van der Waals surface area contributed by atoms with E-state index in [9.17, 15) is 27.2 Å². The molecule has 1 aliphatic carbocycles. The van der Waals surface area contributed by atoms with Gasteiger partial charge >= 0.3 is 6.18 Å². The Morgan fingerprint density at radius 3 is 2.17 bits per heavy atom. The van der Waals surface area contributed by atoms with Crippen molar-refractivity contribution in [2.24, 2.45) is 0 Å². The average molecular weight is 683 g/mol. The summed E-state index contributed by atoms with van der Waals surface area (Å²) in [5.41, 5.74) is -7.12. The van der Waals surface area contributed by atoms with Crippen molar-refractivity contribution in [3.05, 3.63) is 117 Å². The van der Waals surface area contributed by atoms with Gasteiger partial charge in [-0.15, -0.1) is 0 Å². The molecular weight excluding hydrogens is 628 g/mol. The van der Waals surface area contributed by atoms with Gasteiger partial charge in [-0.2, -0.15) is 18.2 Å². The van der Waals surface area contributed by atoms with E-state index in [0.29, 0.717) is 15.7 Å². The zero-order chi connectivity index (χ0) is 47.9. The molecule has 0 saturated heterocycles. The second kappa shape index (κ2) is 15.3. The fourth-order valence-electron chi connectivity index (χ4n) is 4.36. The van der Waals surface area contributed by atoms with Crippen LogP contribution in [-0.4, -0.2) is 51.2 Å². The number of hydrogen-bond donors (Lipinski definition) is 0. The monoisotopic (exact) mass is 682 g/mol. The van der Waals surface area contributed by atoms with Gasteiger partial charge in [-0.05, 0) is 78.6 Å². The molecule has 0 radical (unpaired) electrons. The third kappa shape index (κ3) is 8.70. The maximum atomic E-state index is 14.8. The highest BCUT2D eigenvalue weighted by Gasteiger charge is 2.30. The molecule has 6 nitrogen and oxygen atoms in total. The molecule has 3 aromatic carbocycles. The Hall–Kier alpha value is -3.96. The molecule has 0 saturated carbocycles. The first-order valence-electron chi connectivity index (χ1n) is 21.9. The Balaban J connectivity index is 1.71. The highest BCUT2D eigenvalue weighted by molar-refractivity contribution is 7.98. The number of amides is 1. The maximum absolute atomic E-state index is 14.8. The van der Waals surface area contributed by atoms with Gasteiger partial charge in [0.15, 0.2) is 5.16 Å². The lowest BCUT2D eigenvalue weighted by Gasteiger charge is -2.28. The van der Waals surface area contributed by atoms with Crippen molar-refractivity contribution in [3.63, 3.8) is 0 Å². The summed E-state index contributed by atoms with van der Waals surface area (Å²) < 4.78 is 192. The zero-order valence-corrected chi connectivity index (χ0v) is 25.7. The lowest BCUT2D eigenvalue weighted by molar-refractivity contribution is -0.137. The van der Waals surface area contributed by atoms with E-state index in [4.69, 9.17) is 21.9 Å². The fourth-order valence-corrected chi connectivity index (χ4v) is 5.10. The predicted molar refractivity (Wildman–Crippen MR) is 177 cm³/mol. The van der Waals surface area contributed by atoms with Crippen molar-refractivity contribution < 1.29 is 44.3 Å². The van der Waals surface area contributed by atoms with E-state index >= 15 is 0 Å². The number of nitrogens with zero attached hydrogens (tertiary/aromatic N) is 4. The minimum absolute atomic E-state index is 0.00208. The highest BCUT2D eigenvalue weighted by Crippen LogP contribution is 2.31. The molecule has 0 spiro atoms. The van der Waals surface area contributed by atoms with E-state index in [0.717, 1.165) is 50.2 Å². The molecule has 0 atom stereocenters. The van der Waals surface area contributed by atoms with E-state index in [1.54, 1.807) is 0 Å². The Kier molecular flexibility index (Phi) is 6.23. The second-order valence-electron chi connectivity index (χ2n) is 9.85. The van der Waals surface area contributed by atoms with Crippen molar-refractivity contribution >= 4 is 17.7 Å². The molecule has 0 unspecified atom stereocenters. The first kappa shape index (κ1) is 19.1. The van der Waals surface area contributed by atoms with Crippen molar-refractivity contribution in [2.75, 3.05) is 26.0 Å². The summed E-state index contributed by atoms with van der Waals surface area (Å²) in [6, 6.07) is 13.2. The zero-order valence-electron chi connectivity index (χ0n) is 40.9. The first-order valence-corrected chi connectivity index (χ1v) is 14.7. The lowest BCUT2D eigenvalue weighted by Crippen LogP contribution is -2.40. The van der Waals surface area contributed by atoms with Crippen LogP contribution in [0.4, 0.5) is 17.6 Å². The van der Waals surface area contributed by atoms with Crippen LogP contribution in [-0.2, 0) is 42.5 Å². The number of alkyl halides is 3. The molecular formula is C36H38F4N4O2S. The number of fused-ring (bicyclic) bond motifs is 1. The van der Waals surface area contributed by atoms with Gasteiger partial charge in [-0.3, -0.25) is 9.59 Å². The summed E-state index contributed by atoms with van der Waals surface area (Å²) in [5.74, 6) is -2.32. The molecule has 248 valence electrons. The molecule has 1 amide bonds. The molecule has 0 N–H and O–H groups in total. The van der Waals surface area contributed by atoms with Gasteiger partial charge in [0.25, 0.3) is 5.56 Å². The Morgan fingerprint density at radius 2 is 1.55 bits per heavy atom. The van der Waals surface area contributed by atoms with Crippen molar-refractivity contribution in [1.82, 2.24) is 19.4 Å². The highest BCUT2D eigenvalue weighted by atomic mass is 32.2. The quantitative estimate of drug-likeness (QED) is 0.0847. The Morgan fingerprint density at radius 1 is 0.936 bits per heavy atom. The number of carbonyl (C=O) groups is 1. The van der Waals surface area contributed by atoms with Gasteiger partial charge in [-0.25, -0.2) is 4.39 Å². The number of carbonyl (C=O) groups excluding carboxylic acids is 1. The normalized spacial score (nSPS) is 22.6. The van der Waals surface area contributed by atoms with Crippen LogP contribution in [0.3, 0.4) is 0 Å². The number of aromatic nitrogens is 2. The van der Waals surface area contributed by atoms with E-state index in [-0.39, 0.29) is 32.7 Å². The second-order valence-corrected chi connectivity index (χ2v) is 10.6. The fraction of sp³-hybridized carbons (Fsp3) is 0.361. The molecule has 1 aromatic heterocycles. The van der Waals surface area contributed by atoms with Crippen molar-refractivity contribution in [2.45, 2.75) is 63.1 Å². The standard InChI is InChI=1S/C36H38F4N4O2S/c1-3-42(4-2)20-21-43(22-25-8-12-27(13-9-25)28-14-16-29(17-15-28)36(38,39)40)33(45)23-44-32-7-5-6-31(32)34(46)41-35(44)47-24-26-10-18-30(37)19-11-26/h8-19H,3-7,20-24H2,1-2H3/i3D2,4D2,5D2,6D2,7D2,20D2,21D2,24D2. The van der Waals surface area contributed by atoms with Crippen LogP contribution in [0.1, 0.15) is 70.1 Å². The molecule has 5 rings (SSSR count). The van der Waals surface area contributed by atoms with E-state index in [1.807, 2.05) is 0 Å². The van der Waals surface area contributed by atoms with Gasteiger partial charge in [-0.1, -0.05) is 74.1 Å². The van der Waals surface area contributed by atoms with Crippen LogP contribution >= 0.6 is 11.8 Å². The first-order chi connectivity index (χ1) is 28.4. The lowest BCUT2D eigenvalue weighted by atomic mass is 10.0. The van der Waals surface area contributed by atoms with Crippen LogP contribution in [0.2, 0.25) is 0 Å². The minimum Gasteiger partial charge on any atom is -0.336 e. The summed E-state index contributed by atoms with van der Waals surface area (Å²) in [6.45, 7) is -14.5. The maximum Gasteiger partial charge on any atom is 0.416 e. The largest absolute Gasteiger partial charge is 0.416 e. The van der Waals surface area contributed by atoms with Gasteiger partial charge in [0, 0.05) is 55.7 Å². The van der Waals surface area contributed by atoms with Gasteiger partial charge < -0.3 is 14.4 Å². The molecule has 4 aromatic rings. The van der Waals surface area contributed by atoms with E-state index < -0.39 is 109 Å². The van der Waals surface area contributed by atoms with Crippen molar-refractivity contribution in [3.8, 4) is 11.1 Å². The molecule has 1 heterocycles. The average Bonchev–Trinajstić information content (AvgIpc) is 3.23.